The fraction of sp³-hybridized carbons (Fsp3) is 0.0500. The number of aromatic nitrogens is 5. The number of rotatable bonds is 5. The Labute approximate surface area is 178 Å². The third-order valence-corrected chi connectivity index (χ3v) is 6.22. The normalized spacial score (nSPS) is 11.1. The molecule has 0 fully saturated rings. The molecular weight excluding hydrogens is 420 g/mol. The summed E-state index contributed by atoms with van der Waals surface area (Å²) in [6, 6.07) is 9.20. The van der Waals surface area contributed by atoms with Crippen LogP contribution < -0.4 is 10.9 Å². The molecule has 0 spiro atoms. The van der Waals surface area contributed by atoms with Gasteiger partial charge in [-0.1, -0.05) is 6.07 Å². The van der Waals surface area contributed by atoms with E-state index < -0.39 is 0 Å². The maximum atomic E-state index is 13.0. The maximum Gasteiger partial charge on any atom is 0.263 e. The summed E-state index contributed by atoms with van der Waals surface area (Å²) in [5.41, 5.74) is 1.16. The van der Waals surface area contributed by atoms with E-state index >= 15 is 0 Å². The van der Waals surface area contributed by atoms with E-state index in [1.54, 1.807) is 52.8 Å². The van der Waals surface area contributed by atoms with Crippen LogP contribution in [0.25, 0.3) is 26.5 Å². The standard InChI is InChI=1S/C20H14N6O2S2/c27-17(24-13-4-5-16(21-9-13)26-7-2-6-23-26)10-25-12-22-19-18(20(25)28)14(11-30-19)15-3-1-8-29-15/h1-9,11-12H,10H2,(H,24,27). The molecule has 0 radical (unpaired) electrons. The van der Waals surface area contributed by atoms with Gasteiger partial charge in [0, 0.05) is 28.2 Å². The van der Waals surface area contributed by atoms with Gasteiger partial charge in [-0.3, -0.25) is 14.2 Å². The molecule has 0 aliphatic rings. The Bertz CT molecular complexity index is 1370. The van der Waals surface area contributed by atoms with Crippen LogP contribution in [0.2, 0.25) is 0 Å². The lowest BCUT2D eigenvalue weighted by Gasteiger charge is -2.08. The molecule has 0 aromatic carbocycles. The molecule has 5 aromatic rings. The molecule has 5 aromatic heterocycles. The molecule has 8 nitrogen and oxygen atoms in total. The quantitative estimate of drug-likeness (QED) is 0.457. The molecule has 5 rings (SSSR count). The summed E-state index contributed by atoms with van der Waals surface area (Å²) < 4.78 is 2.95. The highest BCUT2D eigenvalue weighted by molar-refractivity contribution is 7.18. The number of carbonyl (C=O) groups excluding carboxylic acids is 1. The summed E-state index contributed by atoms with van der Waals surface area (Å²) >= 11 is 2.99. The van der Waals surface area contributed by atoms with Gasteiger partial charge in [0.2, 0.25) is 5.91 Å². The van der Waals surface area contributed by atoms with Gasteiger partial charge in [0.05, 0.1) is 23.6 Å². The largest absolute Gasteiger partial charge is 0.323 e. The lowest BCUT2D eigenvalue weighted by molar-refractivity contribution is -0.116. The molecular formula is C20H14N6O2S2. The number of thiophene rings is 2. The molecule has 0 unspecified atom stereocenters. The highest BCUT2D eigenvalue weighted by Crippen LogP contribution is 2.33. The second-order valence-corrected chi connectivity index (χ2v) is 8.19. The third kappa shape index (κ3) is 3.42. The number of anilines is 1. The number of nitrogens with one attached hydrogen (secondary N) is 1. The monoisotopic (exact) mass is 434 g/mol. The number of amides is 1. The first-order valence-corrected chi connectivity index (χ1v) is 10.7. The van der Waals surface area contributed by atoms with Gasteiger partial charge in [0.25, 0.3) is 5.56 Å². The van der Waals surface area contributed by atoms with E-state index in [-0.39, 0.29) is 18.0 Å². The lowest BCUT2D eigenvalue weighted by atomic mass is 10.2. The zero-order valence-electron chi connectivity index (χ0n) is 15.4. The highest BCUT2D eigenvalue weighted by atomic mass is 32.1. The molecule has 0 aliphatic carbocycles. The van der Waals surface area contributed by atoms with Crippen LogP contribution in [0.1, 0.15) is 0 Å². The van der Waals surface area contributed by atoms with Gasteiger partial charge >= 0.3 is 0 Å². The maximum absolute atomic E-state index is 13.0. The minimum atomic E-state index is -0.334. The zero-order chi connectivity index (χ0) is 20.5. The predicted octanol–water partition coefficient (Wildman–Crippen LogP) is 3.41. The van der Waals surface area contributed by atoms with Crippen LogP contribution in [0.3, 0.4) is 0 Å². The topological polar surface area (TPSA) is 94.7 Å². The Morgan fingerprint density at radius 3 is 2.80 bits per heavy atom. The number of pyridine rings is 1. The van der Waals surface area contributed by atoms with Gasteiger partial charge < -0.3 is 5.32 Å². The van der Waals surface area contributed by atoms with Gasteiger partial charge in [0.1, 0.15) is 11.4 Å². The van der Waals surface area contributed by atoms with Gasteiger partial charge in [-0.05, 0) is 29.6 Å². The van der Waals surface area contributed by atoms with Crippen LogP contribution in [0.5, 0.6) is 0 Å². The smallest absolute Gasteiger partial charge is 0.263 e. The number of hydrogen-bond acceptors (Lipinski definition) is 7. The average Bonchev–Trinajstić information content (AvgIpc) is 3.52. The van der Waals surface area contributed by atoms with E-state index in [2.05, 4.69) is 20.4 Å². The molecule has 148 valence electrons. The number of carbonyl (C=O) groups is 1. The Morgan fingerprint density at radius 1 is 1.13 bits per heavy atom. The molecule has 0 aliphatic heterocycles. The second kappa shape index (κ2) is 7.65. The molecule has 1 amide bonds. The predicted molar refractivity (Wildman–Crippen MR) is 117 cm³/mol. The summed E-state index contributed by atoms with van der Waals surface area (Å²) in [4.78, 5) is 35.8. The first-order valence-electron chi connectivity index (χ1n) is 8.95. The molecule has 0 bridgehead atoms. The zero-order valence-corrected chi connectivity index (χ0v) is 17.1. The fourth-order valence-electron chi connectivity index (χ4n) is 3.05. The van der Waals surface area contributed by atoms with Gasteiger partial charge in [0.15, 0.2) is 5.82 Å². The van der Waals surface area contributed by atoms with Gasteiger partial charge in [-0.15, -0.1) is 22.7 Å². The summed E-state index contributed by atoms with van der Waals surface area (Å²) in [6.45, 7) is -0.136. The van der Waals surface area contributed by atoms with Crippen molar-refractivity contribution in [1.29, 1.82) is 0 Å². The summed E-state index contributed by atoms with van der Waals surface area (Å²) in [6.07, 6.45) is 6.41. The van der Waals surface area contributed by atoms with Crippen LogP contribution in [-0.2, 0) is 11.3 Å². The lowest BCUT2D eigenvalue weighted by Crippen LogP contribution is -2.27. The van der Waals surface area contributed by atoms with Crippen LogP contribution >= 0.6 is 22.7 Å². The van der Waals surface area contributed by atoms with Crippen molar-refractivity contribution in [3.63, 3.8) is 0 Å². The first kappa shape index (κ1) is 18.4. The van der Waals surface area contributed by atoms with E-state index in [1.165, 1.54) is 22.2 Å². The van der Waals surface area contributed by atoms with Crippen molar-refractivity contribution in [2.45, 2.75) is 6.54 Å². The molecule has 5 heterocycles. The van der Waals surface area contributed by atoms with E-state index in [0.717, 1.165) is 10.4 Å². The molecule has 0 saturated carbocycles. The Balaban J connectivity index is 1.36. The minimum absolute atomic E-state index is 0.136. The SMILES string of the molecule is O=C(Cn1cnc2scc(-c3cccs3)c2c1=O)Nc1ccc(-n2cccn2)nc1. The van der Waals surface area contributed by atoms with Gasteiger partial charge in [-0.2, -0.15) is 5.10 Å². The fourth-order valence-corrected chi connectivity index (χ4v) is 4.77. The van der Waals surface area contributed by atoms with Crippen molar-refractivity contribution >= 4 is 44.5 Å². The van der Waals surface area contributed by atoms with Gasteiger partial charge in [-0.25, -0.2) is 14.6 Å². The summed E-state index contributed by atoms with van der Waals surface area (Å²) in [5.74, 6) is 0.308. The number of fused-ring (bicyclic) bond motifs is 1. The second-order valence-electron chi connectivity index (χ2n) is 6.39. The van der Waals surface area contributed by atoms with Crippen molar-refractivity contribution in [2.24, 2.45) is 0 Å². The van der Waals surface area contributed by atoms with E-state index in [9.17, 15) is 9.59 Å². The molecule has 10 heteroatoms. The molecule has 1 N–H and O–H groups in total. The third-order valence-electron chi connectivity index (χ3n) is 4.43. The van der Waals surface area contributed by atoms with Crippen molar-refractivity contribution in [3.05, 3.63) is 76.4 Å². The van der Waals surface area contributed by atoms with Crippen molar-refractivity contribution < 1.29 is 4.79 Å². The summed E-state index contributed by atoms with van der Waals surface area (Å²) in [5, 5.41) is 11.3. The van der Waals surface area contributed by atoms with Crippen molar-refractivity contribution in [1.82, 2.24) is 24.3 Å². The van der Waals surface area contributed by atoms with Crippen molar-refractivity contribution in [2.75, 3.05) is 5.32 Å². The average molecular weight is 435 g/mol. The van der Waals surface area contributed by atoms with Crippen LogP contribution in [0, 0.1) is 0 Å². The molecule has 0 saturated heterocycles. The highest BCUT2D eigenvalue weighted by Gasteiger charge is 2.15. The van der Waals surface area contributed by atoms with E-state index in [4.69, 9.17) is 0 Å². The van der Waals surface area contributed by atoms with Crippen molar-refractivity contribution in [3.8, 4) is 16.3 Å². The Kier molecular flexibility index (Phi) is 4.69. The molecule has 30 heavy (non-hydrogen) atoms. The van der Waals surface area contributed by atoms with E-state index in [0.29, 0.717) is 21.7 Å². The number of nitrogens with zero attached hydrogens (tertiary/aromatic N) is 5. The minimum Gasteiger partial charge on any atom is -0.323 e. The molecule has 0 atom stereocenters. The number of hydrogen-bond donors (Lipinski definition) is 1. The summed E-state index contributed by atoms with van der Waals surface area (Å²) in [7, 11) is 0. The van der Waals surface area contributed by atoms with Crippen LogP contribution in [-0.4, -0.2) is 30.2 Å². The Morgan fingerprint density at radius 2 is 2.07 bits per heavy atom. The van der Waals surface area contributed by atoms with Crippen LogP contribution in [0.4, 0.5) is 5.69 Å². The van der Waals surface area contributed by atoms with Crippen LogP contribution in [0.15, 0.2) is 70.8 Å². The van der Waals surface area contributed by atoms with E-state index in [1.807, 2.05) is 22.9 Å². The first-order chi connectivity index (χ1) is 14.7. The Hall–Kier alpha value is -3.63.